The summed E-state index contributed by atoms with van der Waals surface area (Å²) in [6.07, 6.45) is -11.4. The molecule has 0 unspecified atom stereocenters. The molecule has 0 spiro atoms. The maximum absolute atomic E-state index is 13.3. The van der Waals surface area contributed by atoms with Gasteiger partial charge in [0.25, 0.3) is 0 Å². The number of halogens is 3. The third kappa shape index (κ3) is 11.1. The van der Waals surface area contributed by atoms with Gasteiger partial charge in [-0.05, 0) is 48.5 Å². The Labute approximate surface area is 215 Å². The summed E-state index contributed by atoms with van der Waals surface area (Å²) in [6, 6.07) is -1.75. The van der Waals surface area contributed by atoms with Crippen molar-refractivity contribution in [2.24, 2.45) is 11.8 Å². The molecule has 1 rings (SSSR count). The molecular formula is C24H38F3NO9. The molecule has 0 aromatic heterocycles. The van der Waals surface area contributed by atoms with E-state index in [1.54, 1.807) is 0 Å². The Morgan fingerprint density at radius 1 is 0.973 bits per heavy atom. The van der Waals surface area contributed by atoms with Gasteiger partial charge in [0.1, 0.15) is 23.4 Å². The Morgan fingerprint density at radius 2 is 1.46 bits per heavy atom. The predicted octanol–water partition coefficient (Wildman–Crippen LogP) is 4.63. The second-order valence-electron chi connectivity index (χ2n) is 11.2. The molecule has 0 aromatic rings. The number of carbonyl (C=O) groups is 4. The average molecular weight is 542 g/mol. The summed E-state index contributed by atoms with van der Waals surface area (Å²) in [6.45, 7) is 12.2. The zero-order valence-corrected chi connectivity index (χ0v) is 22.8. The lowest BCUT2D eigenvalue weighted by Gasteiger charge is -2.33. The van der Waals surface area contributed by atoms with Crippen LogP contribution in [0.2, 0.25) is 0 Å². The largest absolute Gasteiger partial charge is 0.458 e. The number of hydrogen-bond donors (Lipinski definition) is 0. The van der Waals surface area contributed by atoms with E-state index >= 15 is 0 Å². The number of cyclic esters (lactones) is 1. The van der Waals surface area contributed by atoms with Crippen LogP contribution in [0.25, 0.3) is 0 Å². The van der Waals surface area contributed by atoms with Gasteiger partial charge in [0.05, 0.1) is 25.6 Å². The number of rotatable bonds is 4. The van der Waals surface area contributed by atoms with Crippen LogP contribution >= 0.6 is 0 Å². The van der Waals surface area contributed by atoms with E-state index in [0.717, 1.165) is 0 Å². The molecular weight excluding hydrogens is 503 g/mol. The second kappa shape index (κ2) is 12.3. The van der Waals surface area contributed by atoms with E-state index in [4.69, 9.17) is 23.7 Å². The van der Waals surface area contributed by atoms with Crippen molar-refractivity contribution in [3.05, 3.63) is 0 Å². The number of esters is 2. The molecule has 0 bridgehead atoms. The molecule has 0 aromatic carbocycles. The first-order valence-electron chi connectivity index (χ1n) is 11.9. The molecule has 4 atom stereocenters. The van der Waals surface area contributed by atoms with Crippen LogP contribution in [0, 0.1) is 11.8 Å². The standard InChI is InChI=1S/C24H38F3NO9/c1-13(2)18(29)35-17-14(3)34-19(30)16(12-33-11-15(17)10-24(25,26)27)28(20(31)36-22(4,5)6)21(32)37-23(7,8)9/h13-17H,10-12H2,1-9H3/t14-,15-,16-,17-/m0/s1. The van der Waals surface area contributed by atoms with E-state index < -0.39 is 91.2 Å². The monoisotopic (exact) mass is 541 g/mol. The summed E-state index contributed by atoms with van der Waals surface area (Å²) in [7, 11) is 0. The van der Waals surface area contributed by atoms with Gasteiger partial charge in [-0.1, -0.05) is 13.8 Å². The number of amides is 2. The topological polar surface area (TPSA) is 118 Å². The van der Waals surface area contributed by atoms with Crippen molar-refractivity contribution in [1.82, 2.24) is 4.90 Å². The first-order valence-corrected chi connectivity index (χ1v) is 11.9. The SMILES string of the molecule is CC(C)C(=O)O[C@@H]1[C@@H](CC(F)(F)F)COC[C@H](N(C(=O)OC(C)(C)C)C(=O)OC(C)(C)C)C(=O)O[C@H]1C. The normalized spacial score (nSPS) is 23.8. The van der Waals surface area contributed by atoms with Gasteiger partial charge in [0, 0.05) is 5.92 Å². The Bertz CT molecular complexity index is 803. The summed E-state index contributed by atoms with van der Waals surface area (Å²) >= 11 is 0. The predicted molar refractivity (Wildman–Crippen MR) is 123 cm³/mol. The lowest BCUT2D eigenvalue weighted by atomic mass is 9.95. The Hall–Kier alpha value is -2.57. The third-order valence-corrected chi connectivity index (χ3v) is 4.82. The summed E-state index contributed by atoms with van der Waals surface area (Å²) in [5.41, 5.74) is -2.14. The Kier molecular flexibility index (Phi) is 10.8. The number of nitrogens with zero attached hydrogens (tertiary/aromatic N) is 1. The van der Waals surface area contributed by atoms with Gasteiger partial charge < -0.3 is 23.7 Å². The van der Waals surface area contributed by atoms with Crippen LogP contribution in [-0.4, -0.2) is 77.9 Å². The van der Waals surface area contributed by atoms with E-state index in [-0.39, 0.29) is 0 Å². The van der Waals surface area contributed by atoms with Crippen LogP contribution in [0.4, 0.5) is 22.8 Å². The smallest absolute Gasteiger partial charge is 0.420 e. The van der Waals surface area contributed by atoms with Crippen LogP contribution < -0.4 is 0 Å². The van der Waals surface area contributed by atoms with Crippen molar-refractivity contribution in [3.8, 4) is 0 Å². The Morgan fingerprint density at radius 3 is 1.86 bits per heavy atom. The number of imide groups is 1. The average Bonchev–Trinajstić information content (AvgIpc) is 2.69. The van der Waals surface area contributed by atoms with Gasteiger partial charge >= 0.3 is 30.3 Å². The summed E-state index contributed by atoms with van der Waals surface area (Å²) < 4.78 is 66.6. The highest BCUT2D eigenvalue weighted by atomic mass is 19.4. The second-order valence-corrected chi connectivity index (χ2v) is 11.2. The summed E-state index contributed by atoms with van der Waals surface area (Å²) in [5, 5.41) is 0. The lowest BCUT2D eigenvalue weighted by molar-refractivity contribution is -0.187. The molecule has 214 valence electrons. The van der Waals surface area contributed by atoms with Crippen molar-refractivity contribution < 1.29 is 56.0 Å². The molecule has 1 saturated heterocycles. The fraction of sp³-hybridized carbons (Fsp3) is 0.833. The van der Waals surface area contributed by atoms with Crippen LogP contribution in [0.3, 0.4) is 0 Å². The van der Waals surface area contributed by atoms with Gasteiger partial charge in [-0.2, -0.15) is 18.1 Å². The number of alkyl halides is 3. The Balaban J connectivity index is 3.42. The molecule has 1 aliphatic rings. The molecule has 1 aliphatic heterocycles. The molecule has 0 aliphatic carbocycles. The van der Waals surface area contributed by atoms with Crippen molar-refractivity contribution in [2.45, 2.75) is 104 Å². The molecule has 1 fully saturated rings. The fourth-order valence-electron chi connectivity index (χ4n) is 3.27. The van der Waals surface area contributed by atoms with E-state index in [9.17, 15) is 32.3 Å². The highest BCUT2D eigenvalue weighted by molar-refractivity contribution is 5.94. The lowest BCUT2D eigenvalue weighted by Crippen LogP contribution is -2.54. The maximum atomic E-state index is 13.3. The van der Waals surface area contributed by atoms with Crippen LogP contribution in [-0.2, 0) is 33.3 Å². The minimum absolute atomic E-state index is 0.380. The van der Waals surface area contributed by atoms with Crippen molar-refractivity contribution in [2.75, 3.05) is 13.2 Å². The minimum Gasteiger partial charge on any atom is -0.458 e. The molecule has 0 saturated carbocycles. The van der Waals surface area contributed by atoms with E-state index in [1.165, 1.54) is 62.3 Å². The van der Waals surface area contributed by atoms with Gasteiger partial charge in [-0.15, -0.1) is 0 Å². The first-order chi connectivity index (χ1) is 16.6. The maximum Gasteiger partial charge on any atom is 0.420 e. The molecule has 13 heteroatoms. The molecule has 1 heterocycles. The quantitative estimate of drug-likeness (QED) is 0.371. The van der Waals surface area contributed by atoms with Crippen LogP contribution in [0.15, 0.2) is 0 Å². The van der Waals surface area contributed by atoms with Crippen molar-refractivity contribution in [1.29, 1.82) is 0 Å². The van der Waals surface area contributed by atoms with Crippen molar-refractivity contribution >= 4 is 24.1 Å². The first kappa shape index (κ1) is 32.5. The molecule has 2 amide bonds. The highest BCUT2D eigenvalue weighted by Crippen LogP contribution is 2.32. The van der Waals surface area contributed by atoms with Gasteiger partial charge in [-0.3, -0.25) is 4.79 Å². The molecule has 37 heavy (non-hydrogen) atoms. The summed E-state index contributed by atoms with van der Waals surface area (Å²) in [4.78, 5) is 51.7. The number of ether oxygens (including phenoxy) is 5. The van der Waals surface area contributed by atoms with E-state index in [2.05, 4.69) is 0 Å². The van der Waals surface area contributed by atoms with Crippen LogP contribution in [0.5, 0.6) is 0 Å². The molecule has 0 N–H and O–H groups in total. The highest BCUT2D eigenvalue weighted by Gasteiger charge is 2.46. The van der Waals surface area contributed by atoms with Crippen molar-refractivity contribution in [3.63, 3.8) is 0 Å². The molecule has 10 nitrogen and oxygen atoms in total. The number of hydrogen-bond acceptors (Lipinski definition) is 9. The zero-order chi connectivity index (χ0) is 28.9. The van der Waals surface area contributed by atoms with Gasteiger partial charge in [0.15, 0.2) is 6.04 Å². The van der Waals surface area contributed by atoms with E-state index in [1.807, 2.05) is 0 Å². The van der Waals surface area contributed by atoms with Gasteiger partial charge in [-0.25, -0.2) is 14.4 Å². The van der Waals surface area contributed by atoms with Gasteiger partial charge in [0.2, 0.25) is 0 Å². The summed E-state index contributed by atoms with van der Waals surface area (Å²) in [5.74, 6) is -4.06. The third-order valence-electron chi connectivity index (χ3n) is 4.82. The molecule has 0 radical (unpaired) electrons. The number of carbonyl (C=O) groups excluding carboxylic acids is 4. The fourth-order valence-corrected chi connectivity index (χ4v) is 3.27. The van der Waals surface area contributed by atoms with Crippen LogP contribution in [0.1, 0.15) is 68.7 Å². The van der Waals surface area contributed by atoms with E-state index in [0.29, 0.717) is 4.90 Å². The minimum atomic E-state index is -4.65. The zero-order valence-electron chi connectivity index (χ0n) is 22.8.